The Labute approximate surface area is 128 Å². The van der Waals surface area contributed by atoms with Crippen molar-refractivity contribution < 1.29 is 19.6 Å². The number of carboxylic acid groups (broad SMARTS) is 1. The lowest BCUT2D eigenvalue weighted by molar-refractivity contribution is -0.481. The summed E-state index contributed by atoms with van der Waals surface area (Å²) in [6.45, 7) is 1.44. The van der Waals surface area contributed by atoms with Gasteiger partial charge in [0, 0.05) is 23.7 Å². The van der Waals surface area contributed by atoms with Crippen LogP contribution in [0.4, 0.5) is 0 Å². The second-order valence-corrected chi connectivity index (χ2v) is 5.04. The van der Waals surface area contributed by atoms with E-state index in [4.69, 9.17) is 0 Å². The topological polar surface area (TPSA) is 110 Å². The quantitative estimate of drug-likeness (QED) is 0.530. The van der Waals surface area contributed by atoms with E-state index < -0.39 is 28.8 Å². The van der Waals surface area contributed by atoms with E-state index >= 15 is 0 Å². The molecule has 2 atom stereocenters. The van der Waals surface area contributed by atoms with Gasteiger partial charge < -0.3 is 10.4 Å². The highest BCUT2D eigenvalue weighted by Crippen LogP contribution is 2.10. The minimum atomic E-state index is -1.12. The average Bonchev–Trinajstić information content (AvgIpc) is 2.47. The number of nitro groups is 1. The van der Waals surface area contributed by atoms with Gasteiger partial charge in [-0.25, -0.2) is 4.79 Å². The molecule has 0 heterocycles. The second-order valence-electron chi connectivity index (χ2n) is 5.04. The summed E-state index contributed by atoms with van der Waals surface area (Å²) in [5, 5.41) is 22.1. The summed E-state index contributed by atoms with van der Waals surface area (Å²) >= 11 is 0. The number of aliphatic carboxylic acids is 1. The monoisotopic (exact) mass is 308 g/mol. The Bertz CT molecular complexity index is 518. The number of rotatable bonds is 9. The predicted molar refractivity (Wildman–Crippen MR) is 80.0 cm³/mol. The van der Waals surface area contributed by atoms with Gasteiger partial charge in [0.25, 0.3) is 0 Å². The van der Waals surface area contributed by atoms with Crippen molar-refractivity contribution in [2.75, 3.05) is 6.54 Å². The normalized spacial score (nSPS) is 13.1. The number of nitrogens with one attached hydrogen (secondary N) is 1. The van der Waals surface area contributed by atoms with Gasteiger partial charge >= 0.3 is 5.97 Å². The molecular weight excluding hydrogens is 288 g/mol. The first-order chi connectivity index (χ1) is 10.4. The van der Waals surface area contributed by atoms with E-state index in [-0.39, 0.29) is 19.4 Å². The van der Waals surface area contributed by atoms with E-state index in [9.17, 15) is 24.8 Å². The maximum Gasteiger partial charge on any atom is 0.326 e. The lowest BCUT2D eigenvalue weighted by atomic mass is 9.99. The van der Waals surface area contributed by atoms with Crippen LogP contribution < -0.4 is 5.32 Å². The molecule has 0 spiro atoms. The van der Waals surface area contributed by atoms with Crippen LogP contribution in [0.1, 0.15) is 25.3 Å². The number of benzene rings is 1. The van der Waals surface area contributed by atoms with Crippen molar-refractivity contribution >= 4 is 11.9 Å². The van der Waals surface area contributed by atoms with Gasteiger partial charge in [0.1, 0.15) is 6.04 Å². The van der Waals surface area contributed by atoms with E-state index in [1.54, 1.807) is 31.2 Å². The molecule has 0 fully saturated rings. The molecule has 1 rings (SSSR count). The van der Waals surface area contributed by atoms with Gasteiger partial charge in [-0.3, -0.25) is 14.9 Å². The van der Waals surface area contributed by atoms with Crippen LogP contribution in [-0.2, 0) is 16.0 Å². The van der Waals surface area contributed by atoms with Crippen LogP contribution in [0, 0.1) is 16.0 Å². The van der Waals surface area contributed by atoms with Gasteiger partial charge in [0.2, 0.25) is 12.5 Å². The lowest BCUT2D eigenvalue weighted by Crippen LogP contribution is -2.45. The number of carbonyl (C=O) groups excluding carboxylic acids is 1. The minimum absolute atomic E-state index is 0.104. The molecule has 22 heavy (non-hydrogen) atoms. The maximum atomic E-state index is 12.1. The summed E-state index contributed by atoms with van der Waals surface area (Å²) in [6, 6.07) is 7.93. The summed E-state index contributed by atoms with van der Waals surface area (Å²) < 4.78 is 0. The van der Waals surface area contributed by atoms with Crippen molar-refractivity contribution in [1.82, 2.24) is 5.32 Å². The second kappa shape index (κ2) is 8.76. The highest BCUT2D eigenvalue weighted by atomic mass is 16.6. The molecule has 2 N–H and O–H groups in total. The molecule has 0 aliphatic rings. The molecule has 1 amide bonds. The average molecular weight is 308 g/mol. The third-order valence-electron chi connectivity index (χ3n) is 3.42. The molecule has 0 aliphatic heterocycles. The Hall–Kier alpha value is -2.44. The minimum Gasteiger partial charge on any atom is -0.480 e. The lowest BCUT2D eigenvalue weighted by Gasteiger charge is -2.18. The Morgan fingerprint density at radius 2 is 1.95 bits per heavy atom. The molecular formula is C15H20N2O5. The van der Waals surface area contributed by atoms with Crippen LogP contribution in [0.3, 0.4) is 0 Å². The van der Waals surface area contributed by atoms with Crippen LogP contribution >= 0.6 is 0 Å². The summed E-state index contributed by atoms with van der Waals surface area (Å²) in [6.07, 6.45) is 0.706. The van der Waals surface area contributed by atoms with Crippen molar-refractivity contribution in [3.8, 4) is 0 Å². The molecule has 0 radical (unpaired) electrons. The van der Waals surface area contributed by atoms with Crippen LogP contribution in [-0.4, -0.2) is 34.5 Å². The van der Waals surface area contributed by atoms with Gasteiger partial charge in [-0.15, -0.1) is 0 Å². The van der Waals surface area contributed by atoms with Gasteiger partial charge in [-0.2, -0.15) is 0 Å². The molecule has 1 aromatic carbocycles. The summed E-state index contributed by atoms with van der Waals surface area (Å²) in [5.74, 6) is -2.13. The molecule has 7 nitrogen and oxygen atoms in total. The fourth-order valence-electron chi connectivity index (χ4n) is 2.12. The summed E-state index contributed by atoms with van der Waals surface area (Å²) in [5.41, 5.74) is 0.800. The first-order valence-electron chi connectivity index (χ1n) is 7.13. The van der Waals surface area contributed by atoms with E-state index in [0.717, 1.165) is 5.56 Å². The first kappa shape index (κ1) is 17.6. The van der Waals surface area contributed by atoms with E-state index in [1.165, 1.54) is 0 Å². The molecule has 1 unspecified atom stereocenters. The van der Waals surface area contributed by atoms with E-state index in [0.29, 0.717) is 6.42 Å². The Morgan fingerprint density at radius 1 is 1.32 bits per heavy atom. The van der Waals surface area contributed by atoms with Gasteiger partial charge in [0.15, 0.2) is 0 Å². The molecule has 1 aromatic rings. The maximum absolute atomic E-state index is 12.1. The molecule has 0 saturated carbocycles. The van der Waals surface area contributed by atoms with Crippen molar-refractivity contribution in [1.29, 1.82) is 0 Å². The molecule has 7 heteroatoms. The summed E-state index contributed by atoms with van der Waals surface area (Å²) in [4.78, 5) is 33.3. The van der Waals surface area contributed by atoms with Gasteiger partial charge in [-0.05, 0) is 12.0 Å². The zero-order chi connectivity index (χ0) is 16.5. The Morgan fingerprint density at radius 3 is 2.45 bits per heavy atom. The third-order valence-corrected chi connectivity index (χ3v) is 3.42. The van der Waals surface area contributed by atoms with Crippen molar-refractivity contribution in [3.05, 3.63) is 46.0 Å². The fourth-order valence-corrected chi connectivity index (χ4v) is 2.12. The van der Waals surface area contributed by atoms with Crippen molar-refractivity contribution in [2.24, 2.45) is 5.92 Å². The Kier molecular flexibility index (Phi) is 7.01. The SMILES string of the molecule is CC[C@H](CC[N+](=O)[O-])C(=O)NC(Cc1ccccc1)C(=O)O. The van der Waals surface area contributed by atoms with E-state index in [1.807, 2.05) is 6.07 Å². The number of hydrogen-bond donors (Lipinski definition) is 2. The van der Waals surface area contributed by atoms with Gasteiger partial charge in [0.05, 0.1) is 0 Å². The fraction of sp³-hybridized carbons (Fsp3) is 0.467. The standard InChI is InChI=1S/C15H20N2O5/c1-2-12(8-9-17(21)22)14(18)16-13(15(19)20)10-11-6-4-3-5-7-11/h3-7,12-13H,2,8-10H2,1H3,(H,16,18)(H,19,20)/t12-,13?/m1/s1. The zero-order valence-corrected chi connectivity index (χ0v) is 12.4. The summed E-state index contributed by atoms with van der Waals surface area (Å²) in [7, 11) is 0. The number of amides is 1. The predicted octanol–water partition coefficient (Wildman–Crippen LogP) is 1.49. The first-order valence-corrected chi connectivity index (χ1v) is 7.13. The van der Waals surface area contributed by atoms with Gasteiger partial charge in [-0.1, -0.05) is 37.3 Å². The largest absolute Gasteiger partial charge is 0.480 e. The third kappa shape index (κ3) is 5.90. The van der Waals surface area contributed by atoms with Crippen LogP contribution in [0.15, 0.2) is 30.3 Å². The highest BCUT2D eigenvalue weighted by Gasteiger charge is 2.25. The molecule has 0 aromatic heterocycles. The molecule has 0 bridgehead atoms. The highest BCUT2D eigenvalue weighted by molar-refractivity contribution is 5.85. The zero-order valence-electron chi connectivity index (χ0n) is 12.4. The van der Waals surface area contributed by atoms with Crippen molar-refractivity contribution in [3.63, 3.8) is 0 Å². The van der Waals surface area contributed by atoms with Crippen LogP contribution in [0.25, 0.3) is 0 Å². The van der Waals surface area contributed by atoms with Crippen LogP contribution in [0.2, 0.25) is 0 Å². The van der Waals surface area contributed by atoms with E-state index in [2.05, 4.69) is 5.32 Å². The number of hydrogen-bond acceptors (Lipinski definition) is 4. The molecule has 0 saturated heterocycles. The van der Waals surface area contributed by atoms with Crippen molar-refractivity contribution in [2.45, 2.75) is 32.2 Å². The number of carboxylic acids is 1. The Balaban J connectivity index is 2.66. The number of carbonyl (C=O) groups is 2. The van der Waals surface area contributed by atoms with Crippen LogP contribution in [0.5, 0.6) is 0 Å². The number of nitrogens with zero attached hydrogens (tertiary/aromatic N) is 1. The smallest absolute Gasteiger partial charge is 0.326 e. The molecule has 0 aliphatic carbocycles. The molecule has 120 valence electrons.